The Kier molecular flexibility index (Phi) is 7.28. The number of benzene rings is 8. The summed E-state index contributed by atoms with van der Waals surface area (Å²) in [6.45, 7) is 0. The molecular weight excluding hydrogens is 771 g/mol. The number of aromatic nitrogens is 3. The van der Waals surface area contributed by atoms with E-state index in [9.17, 15) is 0 Å². The van der Waals surface area contributed by atoms with E-state index in [0.717, 1.165) is 34.0 Å². The number of hydrogen-bond acceptors (Lipinski definition) is 3. The Morgan fingerprint density at radius 3 is 1.77 bits per heavy atom. The molecule has 0 unspecified atom stereocenters. The van der Waals surface area contributed by atoms with Gasteiger partial charge in [-0.1, -0.05) is 0 Å². The predicted octanol–water partition coefficient (Wildman–Crippen LogP) is 10.6. The van der Waals surface area contributed by atoms with Gasteiger partial charge in [-0.3, -0.25) is 0 Å². The summed E-state index contributed by atoms with van der Waals surface area (Å²) in [6, 6.07) is 73.3. The molecule has 1 aliphatic rings. The van der Waals surface area contributed by atoms with Crippen LogP contribution >= 0.6 is 11.3 Å². The molecule has 5 heteroatoms. The average Bonchev–Trinajstić information content (AvgIpc) is 3.93. The molecule has 0 saturated carbocycles. The van der Waals surface area contributed by atoms with Crippen LogP contribution in [-0.2, 0) is 0 Å². The molecule has 0 N–H and O–H groups in total. The summed E-state index contributed by atoms with van der Waals surface area (Å²) >= 11 is -1.98. The van der Waals surface area contributed by atoms with Crippen molar-refractivity contribution in [3.8, 4) is 39.6 Å². The first-order chi connectivity index (χ1) is 28.3. The van der Waals surface area contributed by atoms with Crippen molar-refractivity contribution in [2.45, 2.75) is 0 Å². The van der Waals surface area contributed by atoms with E-state index in [1.54, 1.807) is 0 Å². The number of rotatable bonds is 5. The monoisotopic (exact) mass is 805 g/mol. The van der Waals surface area contributed by atoms with E-state index in [2.05, 4.69) is 205 Å². The van der Waals surface area contributed by atoms with Gasteiger partial charge in [0.05, 0.1) is 0 Å². The van der Waals surface area contributed by atoms with E-state index < -0.39 is 13.3 Å². The number of thiophene rings is 1. The summed E-state index contributed by atoms with van der Waals surface area (Å²) in [6.07, 6.45) is 0. The third-order valence-electron chi connectivity index (χ3n) is 11.9. The van der Waals surface area contributed by atoms with Crippen LogP contribution in [0.1, 0.15) is 0 Å². The SMILES string of the molecule is c1ccc(-c2nc(-c3ccccc3)[c]3c(n2)-c2ccc(-n4c5ccccc5c5c6sc7ccccc7c6ccc54)c[c]2[Ge]3([c]2ccccc2)[c]2ccccc2)cc1. The van der Waals surface area contributed by atoms with Crippen molar-refractivity contribution in [2.75, 3.05) is 0 Å². The van der Waals surface area contributed by atoms with Crippen LogP contribution in [0.2, 0.25) is 0 Å². The second-order valence-corrected chi connectivity index (χ2v) is 23.7. The standard InChI is InChI=1S/C52H33GeN3S/c1-5-17-34(18-6-1)49-48-50(55-52(54-49)35-19-7-2-8-20-35)41-30-29-38(33-43(41)53(48,36-21-9-3-10-22-36)37-23-11-4-12-24-37)56-44-27-15-13-26-42(44)47-45(56)32-31-40-39-25-14-16-28-46(39)57-51(40)47/h1-33H. The minimum atomic E-state index is -3.88. The topological polar surface area (TPSA) is 30.7 Å². The van der Waals surface area contributed by atoms with Crippen molar-refractivity contribution in [1.82, 2.24) is 14.5 Å². The van der Waals surface area contributed by atoms with E-state index in [-0.39, 0.29) is 0 Å². The van der Waals surface area contributed by atoms with Crippen LogP contribution in [0.4, 0.5) is 0 Å². The molecule has 3 aromatic heterocycles. The molecule has 266 valence electrons. The number of hydrogen-bond donors (Lipinski definition) is 0. The Morgan fingerprint density at radius 2 is 1.05 bits per heavy atom. The van der Waals surface area contributed by atoms with Crippen molar-refractivity contribution in [3.63, 3.8) is 0 Å². The molecule has 0 saturated heterocycles. The summed E-state index contributed by atoms with van der Waals surface area (Å²) in [7, 11) is 0. The Bertz CT molecular complexity index is 3300. The fourth-order valence-electron chi connectivity index (χ4n) is 9.51. The van der Waals surface area contributed by atoms with Gasteiger partial charge in [-0.2, -0.15) is 0 Å². The van der Waals surface area contributed by atoms with E-state index >= 15 is 0 Å². The van der Waals surface area contributed by atoms with Crippen LogP contribution in [0, 0.1) is 0 Å². The summed E-state index contributed by atoms with van der Waals surface area (Å²) in [5.74, 6) is 0.748. The van der Waals surface area contributed by atoms with E-state index in [0.29, 0.717) is 0 Å². The average molecular weight is 805 g/mol. The number of fused-ring (bicyclic) bond motifs is 10. The Balaban J connectivity index is 1.22. The molecule has 12 rings (SSSR count). The van der Waals surface area contributed by atoms with Gasteiger partial charge in [-0.25, -0.2) is 0 Å². The van der Waals surface area contributed by atoms with Gasteiger partial charge in [0.15, 0.2) is 0 Å². The molecule has 3 nitrogen and oxygen atoms in total. The molecule has 0 atom stereocenters. The fraction of sp³-hybridized carbons (Fsp3) is 0. The van der Waals surface area contributed by atoms with E-state index in [1.807, 2.05) is 11.3 Å². The molecule has 0 spiro atoms. The maximum atomic E-state index is 5.57. The Hall–Kier alpha value is -6.60. The van der Waals surface area contributed by atoms with Crippen LogP contribution < -0.4 is 17.6 Å². The van der Waals surface area contributed by atoms with Crippen LogP contribution in [-0.4, -0.2) is 27.8 Å². The normalized spacial score (nSPS) is 13.1. The quantitative estimate of drug-likeness (QED) is 0.162. The van der Waals surface area contributed by atoms with Crippen molar-refractivity contribution >= 4 is 84.2 Å². The number of para-hydroxylation sites is 1. The third-order valence-corrected chi connectivity index (χ3v) is 23.2. The van der Waals surface area contributed by atoms with Gasteiger partial charge in [0.1, 0.15) is 0 Å². The van der Waals surface area contributed by atoms with Gasteiger partial charge in [-0.15, -0.1) is 0 Å². The van der Waals surface area contributed by atoms with Crippen molar-refractivity contribution < 1.29 is 0 Å². The predicted molar refractivity (Wildman–Crippen MR) is 243 cm³/mol. The molecule has 57 heavy (non-hydrogen) atoms. The first-order valence-electron chi connectivity index (χ1n) is 19.4. The van der Waals surface area contributed by atoms with Gasteiger partial charge in [0.25, 0.3) is 0 Å². The summed E-state index contributed by atoms with van der Waals surface area (Å²) in [5, 5.41) is 5.23. The van der Waals surface area contributed by atoms with E-state index in [4.69, 9.17) is 9.97 Å². The van der Waals surface area contributed by atoms with Gasteiger partial charge >= 0.3 is 338 Å². The number of nitrogens with zero attached hydrogens (tertiary/aromatic N) is 3. The molecule has 0 fully saturated rings. The second kappa shape index (κ2) is 12.7. The first-order valence-corrected chi connectivity index (χ1v) is 24.4. The molecule has 0 bridgehead atoms. The maximum absolute atomic E-state index is 5.57. The molecule has 1 aliphatic heterocycles. The molecule has 0 radical (unpaired) electrons. The first kappa shape index (κ1) is 32.6. The van der Waals surface area contributed by atoms with Crippen LogP contribution in [0.15, 0.2) is 200 Å². The van der Waals surface area contributed by atoms with Gasteiger partial charge in [0, 0.05) is 0 Å². The molecule has 0 aliphatic carbocycles. The summed E-state index contributed by atoms with van der Waals surface area (Å²) < 4.78 is 10.6. The van der Waals surface area contributed by atoms with Crippen molar-refractivity contribution in [2.24, 2.45) is 0 Å². The van der Waals surface area contributed by atoms with Gasteiger partial charge in [-0.05, 0) is 0 Å². The Morgan fingerprint density at radius 1 is 0.456 bits per heavy atom. The molecule has 4 heterocycles. The zero-order valence-corrected chi connectivity index (χ0v) is 33.7. The minimum absolute atomic E-state index is 0.748. The van der Waals surface area contributed by atoms with Crippen molar-refractivity contribution in [3.05, 3.63) is 200 Å². The van der Waals surface area contributed by atoms with Gasteiger partial charge in [0.2, 0.25) is 0 Å². The van der Waals surface area contributed by atoms with Crippen LogP contribution in [0.3, 0.4) is 0 Å². The molecule has 0 amide bonds. The third kappa shape index (κ3) is 4.72. The van der Waals surface area contributed by atoms with E-state index in [1.165, 1.54) is 65.1 Å². The zero-order valence-electron chi connectivity index (χ0n) is 30.8. The van der Waals surface area contributed by atoms with Gasteiger partial charge < -0.3 is 0 Å². The Labute approximate surface area is 336 Å². The van der Waals surface area contributed by atoms with Crippen LogP contribution in [0.5, 0.6) is 0 Å². The molecule has 8 aromatic carbocycles. The van der Waals surface area contributed by atoms with Crippen LogP contribution in [0.25, 0.3) is 81.6 Å². The fourth-order valence-corrected chi connectivity index (χ4v) is 21.8. The summed E-state index contributed by atoms with van der Waals surface area (Å²) in [4.78, 5) is 11.1. The summed E-state index contributed by atoms with van der Waals surface area (Å²) in [5.41, 5.74) is 8.98. The molecular formula is C52H33GeN3S. The van der Waals surface area contributed by atoms with Crippen molar-refractivity contribution in [1.29, 1.82) is 0 Å². The zero-order chi connectivity index (χ0) is 37.5. The molecule has 11 aromatic rings. The second-order valence-electron chi connectivity index (χ2n) is 14.9.